The highest BCUT2D eigenvalue weighted by Gasteiger charge is 2.22. The van der Waals surface area contributed by atoms with Crippen LogP contribution in [0.25, 0.3) is 0 Å². The van der Waals surface area contributed by atoms with Crippen molar-refractivity contribution in [2.75, 3.05) is 19.7 Å². The largest absolute Gasteiger partial charge is 0.396 e. The summed E-state index contributed by atoms with van der Waals surface area (Å²) in [5.74, 6) is 0. The third kappa shape index (κ3) is 4.63. The molecule has 0 bridgehead atoms. The first kappa shape index (κ1) is 12.9. The molecule has 0 spiro atoms. The highest BCUT2D eigenvalue weighted by Crippen LogP contribution is 2.17. The minimum absolute atomic E-state index is 0.0272. The van der Waals surface area contributed by atoms with E-state index in [9.17, 15) is 0 Å². The third-order valence-electron chi connectivity index (χ3n) is 2.68. The molecule has 13 heavy (non-hydrogen) atoms. The minimum atomic E-state index is 0.0272. The first-order chi connectivity index (χ1) is 5.96. The van der Waals surface area contributed by atoms with Gasteiger partial charge in [0.15, 0.2) is 0 Å². The Labute approximate surface area is 82.9 Å². The SMILES string of the molecule is CCC(C)N(CC)CC(C)(C)CO. The van der Waals surface area contributed by atoms with E-state index in [4.69, 9.17) is 5.11 Å². The maximum atomic E-state index is 9.17. The summed E-state index contributed by atoms with van der Waals surface area (Å²) in [6.45, 7) is 13.2. The summed E-state index contributed by atoms with van der Waals surface area (Å²) in [6.07, 6.45) is 1.18. The van der Waals surface area contributed by atoms with Crippen LogP contribution >= 0.6 is 0 Å². The van der Waals surface area contributed by atoms with Crippen LogP contribution < -0.4 is 0 Å². The van der Waals surface area contributed by atoms with Gasteiger partial charge in [0, 0.05) is 24.6 Å². The topological polar surface area (TPSA) is 23.5 Å². The monoisotopic (exact) mass is 187 g/mol. The van der Waals surface area contributed by atoms with E-state index in [0.717, 1.165) is 13.1 Å². The predicted octanol–water partition coefficient (Wildman–Crippen LogP) is 2.13. The third-order valence-corrected chi connectivity index (χ3v) is 2.68. The van der Waals surface area contributed by atoms with Gasteiger partial charge in [-0.2, -0.15) is 0 Å². The van der Waals surface area contributed by atoms with E-state index in [-0.39, 0.29) is 12.0 Å². The maximum Gasteiger partial charge on any atom is 0.0494 e. The lowest BCUT2D eigenvalue weighted by atomic mass is 9.93. The van der Waals surface area contributed by atoms with Gasteiger partial charge in [-0.05, 0) is 19.9 Å². The summed E-state index contributed by atoms with van der Waals surface area (Å²) in [5.41, 5.74) is 0.0272. The molecule has 1 N–H and O–H groups in total. The van der Waals surface area contributed by atoms with Gasteiger partial charge in [0.1, 0.15) is 0 Å². The highest BCUT2D eigenvalue weighted by atomic mass is 16.3. The zero-order chi connectivity index (χ0) is 10.5. The van der Waals surface area contributed by atoms with E-state index in [0.29, 0.717) is 6.04 Å². The molecule has 0 amide bonds. The van der Waals surface area contributed by atoms with Crippen molar-refractivity contribution in [2.45, 2.75) is 47.1 Å². The van der Waals surface area contributed by atoms with Crippen LogP contribution in [-0.4, -0.2) is 35.7 Å². The first-order valence-corrected chi connectivity index (χ1v) is 5.31. The first-order valence-electron chi connectivity index (χ1n) is 5.31. The lowest BCUT2D eigenvalue weighted by molar-refractivity contribution is 0.0849. The molecule has 2 nitrogen and oxygen atoms in total. The molecular weight excluding hydrogens is 162 g/mol. The van der Waals surface area contributed by atoms with Crippen molar-refractivity contribution in [3.63, 3.8) is 0 Å². The Balaban J connectivity index is 4.11. The Morgan fingerprint density at radius 1 is 1.31 bits per heavy atom. The lowest BCUT2D eigenvalue weighted by Gasteiger charge is -2.34. The van der Waals surface area contributed by atoms with E-state index in [1.165, 1.54) is 6.42 Å². The molecule has 80 valence electrons. The van der Waals surface area contributed by atoms with Gasteiger partial charge in [-0.15, -0.1) is 0 Å². The standard InChI is InChI=1S/C11H25NO/c1-6-10(3)12(7-2)8-11(4,5)9-13/h10,13H,6-9H2,1-5H3. The fraction of sp³-hybridized carbons (Fsp3) is 1.00. The zero-order valence-corrected chi connectivity index (χ0v) is 9.80. The molecule has 0 aromatic rings. The molecular formula is C11H25NO. The summed E-state index contributed by atoms with van der Waals surface area (Å²) in [7, 11) is 0. The van der Waals surface area contributed by atoms with Gasteiger partial charge in [-0.3, -0.25) is 0 Å². The second-order valence-corrected chi connectivity index (χ2v) is 4.64. The fourth-order valence-electron chi connectivity index (χ4n) is 1.44. The van der Waals surface area contributed by atoms with Gasteiger partial charge in [0.25, 0.3) is 0 Å². The Kier molecular flexibility index (Phi) is 5.57. The summed E-state index contributed by atoms with van der Waals surface area (Å²) in [6, 6.07) is 0.621. The molecule has 1 atom stereocenters. The van der Waals surface area contributed by atoms with E-state index < -0.39 is 0 Å². The molecule has 0 aromatic carbocycles. The van der Waals surface area contributed by atoms with E-state index in [2.05, 4.69) is 39.5 Å². The Morgan fingerprint density at radius 3 is 2.15 bits per heavy atom. The number of aliphatic hydroxyl groups excluding tert-OH is 1. The van der Waals surface area contributed by atoms with Crippen molar-refractivity contribution in [3.05, 3.63) is 0 Å². The second-order valence-electron chi connectivity index (χ2n) is 4.64. The summed E-state index contributed by atoms with van der Waals surface area (Å²) in [5, 5.41) is 9.17. The van der Waals surface area contributed by atoms with E-state index in [1.54, 1.807) is 0 Å². The van der Waals surface area contributed by atoms with Crippen molar-refractivity contribution in [2.24, 2.45) is 5.41 Å². The molecule has 0 heterocycles. The lowest BCUT2D eigenvalue weighted by Crippen LogP contribution is -2.41. The van der Waals surface area contributed by atoms with Gasteiger partial charge >= 0.3 is 0 Å². The second kappa shape index (κ2) is 5.61. The van der Waals surface area contributed by atoms with Crippen molar-refractivity contribution < 1.29 is 5.11 Å². The van der Waals surface area contributed by atoms with Gasteiger partial charge < -0.3 is 10.0 Å². The normalized spacial score (nSPS) is 15.0. The molecule has 2 heteroatoms. The van der Waals surface area contributed by atoms with E-state index in [1.807, 2.05) is 0 Å². The molecule has 0 radical (unpaired) electrons. The van der Waals surface area contributed by atoms with Crippen molar-refractivity contribution >= 4 is 0 Å². The van der Waals surface area contributed by atoms with Crippen LogP contribution in [0, 0.1) is 5.41 Å². The number of nitrogens with zero attached hydrogens (tertiary/aromatic N) is 1. The Morgan fingerprint density at radius 2 is 1.85 bits per heavy atom. The molecule has 0 aliphatic rings. The fourth-order valence-corrected chi connectivity index (χ4v) is 1.44. The van der Waals surface area contributed by atoms with Gasteiger partial charge in [-0.25, -0.2) is 0 Å². The van der Waals surface area contributed by atoms with Crippen LogP contribution in [0.4, 0.5) is 0 Å². The van der Waals surface area contributed by atoms with Gasteiger partial charge in [0.05, 0.1) is 0 Å². The number of rotatable bonds is 6. The zero-order valence-electron chi connectivity index (χ0n) is 9.80. The smallest absolute Gasteiger partial charge is 0.0494 e. The predicted molar refractivity (Wildman–Crippen MR) is 57.9 cm³/mol. The average Bonchev–Trinajstić information content (AvgIpc) is 2.13. The Bertz CT molecular complexity index is 134. The molecule has 0 rings (SSSR count). The molecule has 0 aliphatic heterocycles. The average molecular weight is 187 g/mol. The van der Waals surface area contributed by atoms with Crippen LogP contribution in [0.2, 0.25) is 0 Å². The van der Waals surface area contributed by atoms with Gasteiger partial charge in [0.2, 0.25) is 0 Å². The molecule has 0 aromatic heterocycles. The van der Waals surface area contributed by atoms with Gasteiger partial charge in [-0.1, -0.05) is 27.7 Å². The van der Waals surface area contributed by atoms with Crippen molar-refractivity contribution in [1.29, 1.82) is 0 Å². The van der Waals surface area contributed by atoms with Crippen molar-refractivity contribution in [1.82, 2.24) is 4.90 Å². The van der Waals surface area contributed by atoms with E-state index >= 15 is 0 Å². The maximum absolute atomic E-state index is 9.17. The van der Waals surface area contributed by atoms with Crippen molar-refractivity contribution in [3.8, 4) is 0 Å². The molecule has 1 unspecified atom stereocenters. The Hall–Kier alpha value is -0.0800. The van der Waals surface area contributed by atoms with Crippen LogP contribution in [0.15, 0.2) is 0 Å². The molecule has 0 saturated heterocycles. The summed E-state index contributed by atoms with van der Waals surface area (Å²) < 4.78 is 0. The summed E-state index contributed by atoms with van der Waals surface area (Å²) >= 11 is 0. The van der Waals surface area contributed by atoms with Crippen LogP contribution in [0.3, 0.4) is 0 Å². The molecule has 0 fully saturated rings. The minimum Gasteiger partial charge on any atom is -0.396 e. The molecule has 0 saturated carbocycles. The van der Waals surface area contributed by atoms with Crippen LogP contribution in [0.5, 0.6) is 0 Å². The number of hydrogen-bond acceptors (Lipinski definition) is 2. The van der Waals surface area contributed by atoms with Crippen LogP contribution in [-0.2, 0) is 0 Å². The highest BCUT2D eigenvalue weighted by molar-refractivity contribution is 4.75. The number of aliphatic hydroxyl groups is 1. The molecule has 0 aliphatic carbocycles. The number of hydrogen-bond donors (Lipinski definition) is 1. The quantitative estimate of drug-likeness (QED) is 0.688. The summed E-state index contributed by atoms with van der Waals surface area (Å²) in [4.78, 5) is 2.43. The van der Waals surface area contributed by atoms with Crippen LogP contribution in [0.1, 0.15) is 41.0 Å².